The summed E-state index contributed by atoms with van der Waals surface area (Å²) in [4.78, 5) is 5.98. The summed E-state index contributed by atoms with van der Waals surface area (Å²) in [5.74, 6) is 0. The second-order valence-corrected chi connectivity index (χ2v) is 6.87. The van der Waals surface area contributed by atoms with Crippen molar-refractivity contribution in [2.45, 2.75) is 26.3 Å². The van der Waals surface area contributed by atoms with Crippen molar-refractivity contribution in [1.82, 2.24) is 4.98 Å². The van der Waals surface area contributed by atoms with E-state index in [1.54, 1.807) is 11.3 Å². The maximum atomic E-state index is 4.78. The molecule has 0 aliphatic rings. The lowest BCUT2D eigenvalue weighted by Gasteiger charge is -2.23. The fourth-order valence-electron chi connectivity index (χ4n) is 2.23. The molecule has 1 aromatic carbocycles. The third-order valence-corrected chi connectivity index (χ3v) is 3.89. The molecule has 0 saturated heterocycles. The Morgan fingerprint density at radius 2 is 1.85 bits per heavy atom. The van der Waals surface area contributed by atoms with Gasteiger partial charge in [-0.3, -0.25) is 0 Å². The number of thiophene rings is 1. The van der Waals surface area contributed by atoms with Crippen molar-refractivity contribution in [2.24, 2.45) is 0 Å². The van der Waals surface area contributed by atoms with Crippen LogP contribution in [0.5, 0.6) is 0 Å². The van der Waals surface area contributed by atoms with E-state index in [4.69, 9.17) is 4.98 Å². The monoisotopic (exact) mass is 282 g/mol. The highest BCUT2D eigenvalue weighted by Gasteiger charge is 2.14. The van der Waals surface area contributed by atoms with Gasteiger partial charge in [0.05, 0.1) is 16.1 Å². The molecule has 1 N–H and O–H groups in total. The number of anilines is 1. The number of nitrogens with one attached hydrogen (secondary N) is 1. The summed E-state index contributed by atoms with van der Waals surface area (Å²) in [6, 6.07) is 14.6. The van der Waals surface area contributed by atoms with E-state index in [2.05, 4.69) is 67.9 Å². The van der Waals surface area contributed by atoms with Crippen molar-refractivity contribution in [1.29, 1.82) is 0 Å². The van der Waals surface area contributed by atoms with E-state index >= 15 is 0 Å². The van der Waals surface area contributed by atoms with E-state index in [1.165, 1.54) is 10.3 Å². The van der Waals surface area contributed by atoms with Crippen molar-refractivity contribution in [3.63, 3.8) is 0 Å². The van der Waals surface area contributed by atoms with Gasteiger partial charge in [0, 0.05) is 16.6 Å². The van der Waals surface area contributed by atoms with E-state index in [9.17, 15) is 0 Å². The van der Waals surface area contributed by atoms with Gasteiger partial charge in [-0.2, -0.15) is 0 Å². The Kier molecular flexibility index (Phi) is 3.22. The minimum Gasteiger partial charge on any atom is -0.380 e. The number of hydrogen-bond acceptors (Lipinski definition) is 3. The molecule has 0 aliphatic heterocycles. The molecule has 0 radical (unpaired) electrons. The van der Waals surface area contributed by atoms with E-state index in [-0.39, 0.29) is 5.54 Å². The Labute approximate surface area is 123 Å². The van der Waals surface area contributed by atoms with Gasteiger partial charge < -0.3 is 5.32 Å². The summed E-state index contributed by atoms with van der Waals surface area (Å²) in [7, 11) is 0. The van der Waals surface area contributed by atoms with Crippen LogP contribution in [0.3, 0.4) is 0 Å². The summed E-state index contributed by atoms with van der Waals surface area (Å²) < 4.78 is 0. The van der Waals surface area contributed by atoms with Crippen molar-refractivity contribution in [3.8, 4) is 10.6 Å². The van der Waals surface area contributed by atoms with Crippen LogP contribution in [0.4, 0.5) is 5.69 Å². The minimum absolute atomic E-state index is 0.0246. The van der Waals surface area contributed by atoms with Gasteiger partial charge in [0.1, 0.15) is 0 Å². The fraction of sp³-hybridized carbons (Fsp3) is 0.235. The normalized spacial score (nSPS) is 11.8. The maximum absolute atomic E-state index is 4.78. The van der Waals surface area contributed by atoms with Crippen LogP contribution in [-0.2, 0) is 0 Å². The molecule has 0 unspecified atom stereocenters. The molecule has 2 heterocycles. The maximum Gasteiger partial charge on any atom is 0.0829 e. The lowest BCUT2D eigenvalue weighted by molar-refractivity contribution is 0.635. The number of benzene rings is 1. The van der Waals surface area contributed by atoms with Gasteiger partial charge in [0.25, 0.3) is 0 Å². The Morgan fingerprint density at radius 3 is 2.55 bits per heavy atom. The Morgan fingerprint density at radius 1 is 1.05 bits per heavy atom. The second-order valence-electron chi connectivity index (χ2n) is 5.92. The molecule has 3 heteroatoms. The third kappa shape index (κ3) is 2.68. The Hall–Kier alpha value is -1.87. The van der Waals surface area contributed by atoms with Gasteiger partial charge in [-0.15, -0.1) is 11.3 Å². The standard InChI is InChI=1S/C17H18N2S/c1-17(2,3)19-14-11-15(16-9-6-10-20-16)18-13-8-5-4-7-12(13)14/h4-11H,1-3H3,(H,18,19). The average molecular weight is 282 g/mol. The van der Waals surface area contributed by atoms with Crippen molar-refractivity contribution < 1.29 is 0 Å². The number of pyridine rings is 1. The van der Waals surface area contributed by atoms with Gasteiger partial charge in [-0.25, -0.2) is 4.98 Å². The van der Waals surface area contributed by atoms with Crippen molar-refractivity contribution >= 4 is 27.9 Å². The number of aromatic nitrogens is 1. The average Bonchev–Trinajstić information content (AvgIpc) is 2.90. The topological polar surface area (TPSA) is 24.9 Å². The largest absolute Gasteiger partial charge is 0.380 e. The first-order valence-corrected chi connectivity index (χ1v) is 7.63. The SMILES string of the molecule is CC(C)(C)Nc1cc(-c2cccs2)nc2ccccc12. The predicted molar refractivity (Wildman–Crippen MR) is 88.4 cm³/mol. The van der Waals surface area contributed by atoms with E-state index < -0.39 is 0 Å². The van der Waals surface area contributed by atoms with Crippen LogP contribution >= 0.6 is 11.3 Å². The van der Waals surface area contributed by atoms with E-state index in [1.807, 2.05) is 6.07 Å². The van der Waals surface area contributed by atoms with Crippen LogP contribution < -0.4 is 5.32 Å². The molecule has 0 atom stereocenters. The highest BCUT2D eigenvalue weighted by Crippen LogP contribution is 2.31. The molecule has 3 aromatic rings. The molecule has 2 nitrogen and oxygen atoms in total. The Bertz CT molecular complexity index is 724. The molecule has 0 saturated carbocycles. The highest BCUT2D eigenvalue weighted by atomic mass is 32.1. The van der Waals surface area contributed by atoms with Crippen molar-refractivity contribution in [3.05, 3.63) is 47.8 Å². The Balaban J connectivity index is 2.20. The second kappa shape index (κ2) is 4.91. The van der Waals surface area contributed by atoms with E-state index in [0.29, 0.717) is 0 Å². The molecule has 0 spiro atoms. The summed E-state index contributed by atoms with van der Waals surface area (Å²) >= 11 is 1.72. The zero-order valence-corrected chi connectivity index (χ0v) is 12.8. The number of fused-ring (bicyclic) bond motifs is 1. The smallest absolute Gasteiger partial charge is 0.0829 e. The van der Waals surface area contributed by atoms with E-state index in [0.717, 1.165) is 16.9 Å². The first kappa shape index (κ1) is 13.1. The molecule has 102 valence electrons. The van der Waals surface area contributed by atoms with Gasteiger partial charge in [0.2, 0.25) is 0 Å². The lowest BCUT2D eigenvalue weighted by Crippen LogP contribution is -2.26. The number of hydrogen-bond donors (Lipinski definition) is 1. The van der Waals surface area contributed by atoms with Gasteiger partial charge in [0.15, 0.2) is 0 Å². The van der Waals surface area contributed by atoms with Gasteiger partial charge >= 0.3 is 0 Å². The molecule has 0 aliphatic carbocycles. The fourth-order valence-corrected chi connectivity index (χ4v) is 2.92. The van der Waals surface area contributed by atoms with Crippen LogP contribution in [0.2, 0.25) is 0 Å². The quantitative estimate of drug-likeness (QED) is 0.701. The van der Waals surface area contributed by atoms with Gasteiger partial charge in [-0.05, 0) is 44.4 Å². The molecule has 2 aromatic heterocycles. The van der Waals surface area contributed by atoms with Gasteiger partial charge in [-0.1, -0.05) is 24.3 Å². The minimum atomic E-state index is 0.0246. The van der Waals surface area contributed by atoms with Crippen molar-refractivity contribution in [2.75, 3.05) is 5.32 Å². The molecule has 0 fully saturated rings. The zero-order valence-electron chi connectivity index (χ0n) is 12.0. The van der Waals surface area contributed by atoms with Crippen LogP contribution in [0.15, 0.2) is 47.8 Å². The summed E-state index contributed by atoms with van der Waals surface area (Å²) in [6.07, 6.45) is 0. The molecular formula is C17H18N2S. The first-order valence-electron chi connectivity index (χ1n) is 6.75. The first-order chi connectivity index (χ1) is 9.53. The number of para-hydroxylation sites is 1. The highest BCUT2D eigenvalue weighted by molar-refractivity contribution is 7.13. The number of rotatable bonds is 2. The van der Waals surface area contributed by atoms with Crippen LogP contribution in [0.1, 0.15) is 20.8 Å². The predicted octanol–water partition coefficient (Wildman–Crippen LogP) is 5.17. The molecule has 0 bridgehead atoms. The molecule has 0 amide bonds. The summed E-state index contributed by atoms with van der Waals surface area (Å²) in [5.41, 5.74) is 3.23. The lowest BCUT2D eigenvalue weighted by atomic mass is 10.1. The summed E-state index contributed by atoms with van der Waals surface area (Å²) in [5, 5.41) is 6.85. The molecular weight excluding hydrogens is 264 g/mol. The summed E-state index contributed by atoms with van der Waals surface area (Å²) in [6.45, 7) is 6.52. The number of nitrogens with zero attached hydrogens (tertiary/aromatic N) is 1. The third-order valence-electron chi connectivity index (χ3n) is 3.00. The van der Waals surface area contributed by atoms with Crippen LogP contribution in [-0.4, -0.2) is 10.5 Å². The zero-order chi connectivity index (χ0) is 14.2. The molecule has 3 rings (SSSR count). The van der Waals surface area contributed by atoms with Crippen LogP contribution in [0, 0.1) is 0 Å². The van der Waals surface area contributed by atoms with Crippen LogP contribution in [0.25, 0.3) is 21.5 Å². The molecule has 20 heavy (non-hydrogen) atoms.